The van der Waals surface area contributed by atoms with Crippen molar-refractivity contribution in [3.63, 3.8) is 0 Å². The number of hydrogen-bond acceptors (Lipinski definition) is 5. The summed E-state index contributed by atoms with van der Waals surface area (Å²) in [5.41, 5.74) is -1.13. The van der Waals surface area contributed by atoms with Crippen LogP contribution in [0, 0.1) is 11.3 Å². The van der Waals surface area contributed by atoms with Crippen LogP contribution in [0.2, 0.25) is 0 Å². The van der Waals surface area contributed by atoms with Crippen LogP contribution in [0.15, 0.2) is 12.1 Å². The summed E-state index contributed by atoms with van der Waals surface area (Å²) in [6, 6.07) is 3.88. The molecule has 21 heavy (non-hydrogen) atoms. The fourth-order valence-corrected chi connectivity index (χ4v) is 3.69. The second-order valence-electron chi connectivity index (χ2n) is 5.83. The van der Waals surface area contributed by atoms with E-state index in [0.29, 0.717) is 18.8 Å². The summed E-state index contributed by atoms with van der Waals surface area (Å²) in [5, 5.41) is 0. The molecule has 0 radical (unpaired) electrons. The van der Waals surface area contributed by atoms with E-state index in [4.69, 9.17) is 9.47 Å². The van der Waals surface area contributed by atoms with Crippen molar-refractivity contribution in [1.29, 1.82) is 0 Å². The fourth-order valence-electron chi connectivity index (χ4n) is 2.50. The van der Waals surface area contributed by atoms with Gasteiger partial charge in [0.25, 0.3) is 6.29 Å². The molecule has 5 heteroatoms. The van der Waals surface area contributed by atoms with Crippen molar-refractivity contribution in [2.24, 2.45) is 11.3 Å². The van der Waals surface area contributed by atoms with E-state index in [9.17, 15) is 9.59 Å². The molecule has 2 heterocycles. The zero-order chi connectivity index (χ0) is 15.6. The number of carbonyl (C=O) groups is 2. The van der Waals surface area contributed by atoms with E-state index in [1.165, 1.54) is 16.2 Å². The maximum atomic E-state index is 12.2. The van der Waals surface area contributed by atoms with E-state index in [2.05, 4.69) is 13.8 Å². The minimum Gasteiger partial charge on any atom is -0.419 e. The van der Waals surface area contributed by atoms with E-state index in [-0.39, 0.29) is 0 Å². The van der Waals surface area contributed by atoms with Gasteiger partial charge >= 0.3 is 11.9 Å². The number of esters is 2. The number of rotatable bonds is 5. The maximum absolute atomic E-state index is 12.2. The normalized spacial score (nSPS) is 18.7. The molecule has 1 saturated heterocycles. The van der Waals surface area contributed by atoms with Gasteiger partial charge in [0.05, 0.1) is 4.88 Å². The molecule has 2 rings (SSSR count). The van der Waals surface area contributed by atoms with Gasteiger partial charge in [0.1, 0.15) is 0 Å². The molecule has 0 unspecified atom stereocenters. The van der Waals surface area contributed by atoms with Crippen LogP contribution < -0.4 is 0 Å². The quantitative estimate of drug-likeness (QED) is 0.612. The van der Waals surface area contributed by atoms with E-state index < -0.39 is 23.6 Å². The minimum absolute atomic E-state index is 0.400. The van der Waals surface area contributed by atoms with Gasteiger partial charge in [-0.15, -0.1) is 11.3 Å². The van der Waals surface area contributed by atoms with E-state index in [0.717, 1.165) is 11.3 Å². The first-order valence-corrected chi connectivity index (χ1v) is 8.25. The van der Waals surface area contributed by atoms with Crippen LogP contribution in [0.5, 0.6) is 0 Å². The van der Waals surface area contributed by atoms with Crippen molar-refractivity contribution in [3.05, 3.63) is 21.9 Å². The van der Waals surface area contributed by atoms with Gasteiger partial charge in [-0.3, -0.25) is 9.59 Å². The molecule has 1 aromatic heterocycles. The number of cyclic esters (lactones) is 2. The SMILES string of the molecule is CCC1(CC)C(=O)OC(c2ccc(CC(C)C)s2)OC1=O. The molecule has 0 atom stereocenters. The number of carbonyl (C=O) groups excluding carboxylic acids is 2. The van der Waals surface area contributed by atoms with Crippen LogP contribution in [0.3, 0.4) is 0 Å². The molecule has 0 spiro atoms. The second-order valence-corrected chi connectivity index (χ2v) is 7.03. The first kappa shape index (κ1) is 16.0. The summed E-state index contributed by atoms with van der Waals surface area (Å²) >= 11 is 1.53. The molecule has 0 N–H and O–H groups in total. The van der Waals surface area contributed by atoms with Crippen molar-refractivity contribution < 1.29 is 19.1 Å². The molecule has 116 valence electrons. The summed E-state index contributed by atoms with van der Waals surface area (Å²) in [6.45, 7) is 7.91. The van der Waals surface area contributed by atoms with Gasteiger partial charge in [-0.2, -0.15) is 0 Å². The lowest BCUT2D eigenvalue weighted by Gasteiger charge is -2.34. The molecular weight excluding hydrogens is 288 g/mol. The van der Waals surface area contributed by atoms with Crippen LogP contribution >= 0.6 is 11.3 Å². The number of hydrogen-bond donors (Lipinski definition) is 0. The third kappa shape index (κ3) is 2.98. The zero-order valence-electron chi connectivity index (χ0n) is 13.0. The van der Waals surface area contributed by atoms with Gasteiger partial charge in [-0.05, 0) is 37.3 Å². The lowest BCUT2D eigenvalue weighted by molar-refractivity contribution is -0.225. The molecule has 0 saturated carbocycles. The molecule has 1 aromatic rings. The number of thiophene rings is 1. The molecule has 0 aliphatic carbocycles. The van der Waals surface area contributed by atoms with Crippen LogP contribution in [-0.2, 0) is 25.5 Å². The van der Waals surface area contributed by atoms with Crippen molar-refractivity contribution in [3.8, 4) is 0 Å². The summed E-state index contributed by atoms with van der Waals surface area (Å²) in [5.74, 6) is -0.374. The van der Waals surface area contributed by atoms with Crippen LogP contribution in [0.1, 0.15) is 56.6 Å². The number of ether oxygens (including phenoxy) is 2. The van der Waals surface area contributed by atoms with Crippen LogP contribution in [0.4, 0.5) is 0 Å². The third-order valence-corrected chi connectivity index (χ3v) is 5.07. The molecule has 0 aromatic carbocycles. The highest BCUT2D eigenvalue weighted by Crippen LogP contribution is 2.40. The first-order chi connectivity index (χ1) is 9.92. The molecule has 1 aliphatic rings. The van der Waals surface area contributed by atoms with Crippen molar-refractivity contribution in [2.45, 2.75) is 53.2 Å². The van der Waals surface area contributed by atoms with Gasteiger partial charge in [0, 0.05) is 4.88 Å². The average Bonchev–Trinajstić information content (AvgIpc) is 2.87. The first-order valence-electron chi connectivity index (χ1n) is 7.43. The highest BCUT2D eigenvalue weighted by atomic mass is 32.1. The predicted molar refractivity (Wildman–Crippen MR) is 80.8 cm³/mol. The summed E-state index contributed by atoms with van der Waals surface area (Å²) in [7, 11) is 0. The Bertz CT molecular complexity index is 508. The Kier molecular flexibility index (Phi) is 4.71. The summed E-state index contributed by atoms with van der Waals surface area (Å²) in [4.78, 5) is 26.5. The minimum atomic E-state index is -1.13. The molecule has 1 aliphatic heterocycles. The molecular formula is C16H22O4S. The van der Waals surface area contributed by atoms with Crippen molar-refractivity contribution in [1.82, 2.24) is 0 Å². The summed E-state index contributed by atoms with van der Waals surface area (Å²) in [6.07, 6.45) is 0.878. The topological polar surface area (TPSA) is 52.6 Å². The standard InChI is InChI=1S/C16H22O4S/c1-5-16(6-2)14(17)19-13(20-15(16)18)12-8-7-11(21-12)9-10(3)4/h7-8,10,13H,5-6,9H2,1-4H3. The fraction of sp³-hybridized carbons (Fsp3) is 0.625. The van der Waals surface area contributed by atoms with E-state index in [1.54, 1.807) is 13.8 Å². The second kappa shape index (κ2) is 6.18. The molecule has 1 fully saturated rings. The van der Waals surface area contributed by atoms with E-state index >= 15 is 0 Å². The monoisotopic (exact) mass is 310 g/mol. The smallest absolute Gasteiger partial charge is 0.326 e. The highest BCUT2D eigenvalue weighted by molar-refractivity contribution is 7.12. The van der Waals surface area contributed by atoms with Gasteiger partial charge in [0.15, 0.2) is 5.41 Å². The third-order valence-electron chi connectivity index (χ3n) is 3.94. The Morgan fingerprint density at radius 1 is 1.14 bits per heavy atom. The Balaban J connectivity index is 2.16. The Morgan fingerprint density at radius 2 is 1.71 bits per heavy atom. The molecule has 0 amide bonds. The maximum Gasteiger partial charge on any atom is 0.326 e. The van der Waals surface area contributed by atoms with Gasteiger partial charge < -0.3 is 9.47 Å². The van der Waals surface area contributed by atoms with Gasteiger partial charge in [-0.1, -0.05) is 27.7 Å². The highest BCUT2D eigenvalue weighted by Gasteiger charge is 2.51. The van der Waals surface area contributed by atoms with Crippen molar-refractivity contribution in [2.75, 3.05) is 0 Å². The largest absolute Gasteiger partial charge is 0.419 e. The van der Waals surface area contributed by atoms with Gasteiger partial charge in [-0.25, -0.2) is 0 Å². The lowest BCUT2D eigenvalue weighted by Crippen LogP contribution is -2.46. The molecule has 4 nitrogen and oxygen atoms in total. The Hall–Kier alpha value is -1.36. The average molecular weight is 310 g/mol. The zero-order valence-corrected chi connectivity index (χ0v) is 13.8. The van der Waals surface area contributed by atoms with Crippen LogP contribution in [0.25, 0.3) is 0 Å². The van der Waals surface area contributed by atoms with Crippen LogP contribution in [-0.4, -0.2) is 11.9 Å². The molecule has 0 bridgehead atoms. The van der Waals surface area contributed by atoms with E-state index in [1.807, 2.05) is 12.1 Å². The Labute approximate surface area is 129 Å². The van der Waals surface area contributed by atoms with Gasteiger partial charge in [0.2, 0.25) is 0 Å². The lowest BCUT2D eigenvalue weighted by atomic mass is 9.82. The summed E-state index contributed by atoms with van der Waals surface area (Å²) < 4.78 is 10.8. The predicted octanol–water partition coefficient (Wildman–Crippen LogP) is 3.85. The Morgan fingerprint density at radius 3 is 2.19 bits per heavy atom. The van der Waals surface area contributed by atoms with Crippen molar-refractivity contribution >= 4 is 23.3 Å².